The van der Waals surface area contributed by atoms with Crippen LogP contribution < -0.4 is 10.6 Å². The van der Waals surface area contributed by atoms with Crippen molar-refractivity contribution < 1.29 is 18.4 Å². The van der Waals surface area contributed by atoms with Crippen molar-refractivity contribution in [2.75, 3.05) is 0 Å². The number of nitrogens with zero attached hydrogens (tertiary/aromatic N) is 6. The van der Waals surface area contributed by atoms with Gasteiger partial charge in [0.1, 0.15) is 21.6 Å². The third-order valence-corrected chi connectivity index (χ3v) is 6.82. The monoisotopic (exact) mass is 530 g/mol. The molecule has 0 aromatic carbocycles. The summed E-state index contributed by atoms with van der Waals surface area (Å²) in [5, 5.41) is 22.9. The molecule has 0 atom stereocenters. The van der Waals surface area contributed by atoms with Gasteiger partial charge in [-0.1, -0.05) is 22.7 Å². The van der Waals surface area contributed by atoms with Gasteiger partial charge in [0.15, 0.2) is 0 Å². The fourth-order valence-corrected chi connectivity index (χ4v) is 4.62. The molecule has 4 aromatic rings. The van der Waals surface area contributed by atoms with E-state index in [1.807, 2.05) is 0 Å². The Kier molecular flexibility index (Phi) is 8.62. The van der Waals surface area contributed by atoms with E-state index >= 15 is 0 Å². The van der Waals surface area contributed by atoms with Crippen LogP contribution in [-0.4, -0.2) is 42.2 Å². The molecule has 0 aliphatic carbocycles. The van der Waals surface area contributed by atoms with Gasteiger partial charge in [-0.3, -0.25) is 19.6 Å². The lowest BCUT2D eigenvalue weighted by atomic mass is 10.2. The molecule has 2 N–H and O–H groups in total. The van der Waals surface area contributed by atoms with E-state index in [4.69, 9.17) is 0 Å². The summed E-state index contributed by atoms with van der Waals surface area (Å²) < 4.78 is 27.2. The van der Waals surface area contributed by atoms with Crippen molar-refractivity contribution in [2.45, 2.75) is 38.8 Å². The number of hydrogen-bond donors (Lipinski definition) is 2. The Labute approximate surface area is 212 Å². The van der Waals surface area contributed by atoms with Crippen molar-refractivity contribution >= 4 is 34.5 Å². The Balaban J connectivity index is 1.17. The molecule has 36 heavy (non-hydrogen) atoms. The second-order valence-corrected chi connectivity index (χ2v) is 9.56. The van der Waals surface area contributed by atoms with E-state index in [0.717, 1.165) is 12.8 Å². The first kappa shape index (κ1) is 25.3. The molecule has 0 bridgehead atoms. The van der Waals surface area contributed by atoms with Crippen LogP contribution in [0, 0.1) is 11.6 Å². The first-order valence-corrected chi connectivity index (χ1v) is 12.5. The summed E-state index contributed by atoms with van der Waals surface area (Å²) in [7, 11) is 0. The van der Waals surface area contributed by atoms with E-state index < -0.39 is 23.4 Å². The largest absolute Gasteiger partial charge is 0.344 e. The minimum absolute atomic E-state index is 0.0394. The van der Waals surface area contributed by atoms with Crippen molar-refractivity contribution in [2.24, 2.45) is 0 Å². The molecule has 14 heteroatoms. The van der Waals surface area contributed by atoms with Crippen molar-refractivity contribution in [3.05, 3.63) is 79.7 Å². The number of carbonyl (C=O) groups is 2. The Hall–Kier alpha value is -3.78. The molecule has 0 saturated heterocycles. The number of rotatable bonds is 11. The number of carbonyl (C=O) groups excluding carboxylic acids is 2. The highest BCUT2D eigenvalue weighted by Crippen LogP contribution is 2.16. The molecule has 0 unspecified atom stereocenters. The van der Waals surface area contributed by atoms with Gasteiger partial charge in [0.25, 0.3) is 11.8 Å². The van der Waals surface area contributed by atoms with Crippen molar-refractivity contribution in [3.8, 4) is 0 Å². The van der Waals surface area contributed by atoms with Crippen LogP contribution in [-0.2, 0) is 25.9 Å². The maximum atomic E-state index is 13.6. The summed E-state index contributed by atoms with van der Waals surface area (Å²) in [4.78, 5) is 32.3. The van der Waals surface area contributed by atoms with Gasteiger partial charge in [0, 0.05) is 25.2 Å². The Morgan fingerprint density at radius 1 is 0.722 bits per heavy atom. The highest BCUT2D eigenvalue weighted by Gasteiger charge is 2.15. The predicted octanol–water partition coefficient (Wildman–Crippen LogP) is 2.88. The third kappa shape index (κ3) is 6.88. The molecule has 0 aliphatic heterocycles. The molecule has 10 nitrogen and oxygen atoms in total. The average Bonchev–Trinajstić information content (AvgIpc) is 3.55. The number of pyridine rings is 2. The predicted molar refractivity (Wildman–Crippen MR) is 127 cm³/mol. The molecule has 186 valence electrons. The Morgan fingerprint density at radius 2 is 1.17 bits per heavy atom. The SMILES string of the molecule is O=C(NCc1ncccc1F)c1nnc(CCCCc2nnc(C(=O)NCc3ncccc3F)s2)s1. The van der Waals surface area contributed by atoms with E-state index in [9.17, 15) is 18.4 Å². The smallest absolute Gasteiger partial charge is 0.282 e. The quantitative estimate of drug-likeness (QED) is 0.283. The second kappa shape index (κ2) is 12.3. The topological polar surface area (TPSA) is 136 Å². The van der Waals surface area contributed by atoms with Gasteiger partial charge in [0.2, 0.25) is 10.0 Å². The van der Waals surface area contributed by atoms with Crippen LogP contribution >= 0.6 is 22.7 Å². The van der Waals surface area contributed by atoms with Crippen LogP contribution in [0.3, 0.4) is 0 Å². The van der Waals surface area contributed by atoms with Crippen molar-refractivity contribution in [1.82, 2.24) is 41.0 Å². The first-order valence-electron chi connectivity index (χ1n) is 10.9. The van der Waals surface area contributed by atoms with E-state index in [2.05, 4.69) is 41.0 Å². The molecule has 0 saturated carbocycles. The average molecular weight is 531 g/mol. The lowest BCUT2D eigenvalue weighted by molar-refractivity contribution is 0.0941. The van der Waals surface area contributed by atoms with Crippen LogP contribution in [0.4, 0.5) is 8.78 Å². The van der Waals surface area contributed by atoms with Crippen LogP contribution in [0.25, 0.3) is 0 Å². The fraction of sp³-hybridized carbons (Fsp3) is 0.273. The van der Waals surface area contributed by atoms with Gasteiger partial charge >= 0.3 is 0 Å². The van der Waals surface area contributed by atoms with Crippen LogP contribution in [0.15, 0.2) is 36.7 Å². The number of amides is 2. The number of halogens is 2. The van der Waals surface area contributed by atoms with Crippen molar-refractivity contribution in [1.29, 1.82) is 0 Å². The Morgan fingerprint density at radius 3 is 1.58 bits per heavy atom. The molecule has 2 amide bonds. The highest BCUT2D eigenvalue weighted by atomic mass is 32.1. The fourth-order valence-electron chi connectivity index (χ4n) is 3.02. The molecule has 4 rings (SSSR count). The lowest BCUT2D eigenvalue weighted by Crippen LogP contribution is -2.23. The lowest BCUT2D eigenvalue weighted by Gasteiger charge is -2.02. The minimum atomic E-state index is -0.487. The number of unbranched alkanes of at least 4 members (excludes halogenated alkanes) is 1. The van der Waals surface area contributed by atoms with Gasteiger partial charge in [-0.25, -0.2) is 8.78 Å². The number of aryl methyl sites for hydroxylation is 2. The third-order valence-electron chi connectivity index (χ3n) is 4.86. The number of nitrogens with one attached hydrogen (secondary N) is 2. The number of aromatic nitrogens is 6. The molecular formula is C22H20F2N8O2S2. The zero-order valence-electron chi connectivity index (χ0n) is 18.8. The van der Waals surface area contributed by atoms with E-state index in [0.29, 0.717) is 22.9 Å². The summed E-state index contributed by atoms with van der Waals surface area (Å²) >= 11 is 2.36. The van der Waals surface area contributed by atoms with Gasteiger partial charge in [0.05, 0.1) is 24.5 Å². The maximum Gasteiger partial charge on any atom is 0.282 e. The van der Waals surface area contributed by atoms with E-state index in [1.54, 1.807) is 0 Å². The second-order valence-electron chi connectivity index (χ2n) is 7.44. The van der Waals surface area contributed by atoms with Gasteiger partial charge in [-0.15, -0.1) is 20.4 Å². The van der Waals surface area contributed by atoms with Crippen molar-refractivity contribution in [3.63, 3.8) is 0 Å². The van der Waals surface area contributed by atoms with Crippen LogP contribution in [0.2, 0.25) is 0 Å². The highest BCUT2D eigenvalue weighted by molar-refractivity contribution is 7.13. The molecule has 0 fully saturated rings. The molecule has 0 spiro atoms. The van der Waals surface area contributed by atoms with Gasteiger partial charge in [-0.2, -0.15) is 0 Å². The maximum absolute atomic E-state index is 13.6. The first-order chi connectivity index (χ1) is 17.5. The standard InChI is InChI=1S/C22H20F2N8O2S2/c23-13-5-3-9-25-15(13)11-27-19(33)21-31-29-17(35-21)7-1-2-8-18-30-32-22(36-18)20(34)28-12-16-14(24)6-4-10-26-16/h3-6,9-10H,1-2,7-8,11-12H2,(H,27,33)(H,28,34). The molecule has 0 radical (unpaired) electrons. The van der Waals surface area contributed by atoms with Crippen LogP contribution in [0.5, 0.6) is 0 Å². The van der Waals surface area contributed by atoms with Crippen LogP contribution in [0.1, 0.15) is 53.8 Å². The summed E-state index contributed by atoms with van der Waals surface area (Å²) in [5.41, 5.74) is 0.296. The Bertz CT molecular complexity index is 1250. The summed E-state index contributed by atoms with van der Waals surface area (Å²) in [6.45, 7) is -0.0787. The summed E-state index contributed by atoms with van der Waals surface area (Å²) in [5.74, 6) is -1.85. The molecular weight excluding hydrogens is 510 g/mol. The van der Waals surface area contributed by atoms with E-state index in [-0.39, 0.29) is 34.5 Å². The zero-order valence-corrected chi connectivity index (χ0v) is 20.4. The van der Waals surface area contributed by atoms with Gasteiger partial charge in [-0.05, 0) is 37.1 Å². The normalized spacial score (nSPS) is 10.8. The molecule has 4 heterocycles. The zero-order chi connectivity index (χ0) is 25.3. The van der Waals surface area contributed by atoms with E-state index in [1.165, 1.54) is 59.3 Å². The minimum Gasteiger partial charge on any atom is -0.344 e. The molecule has 0 aliphatic rings. The summed E-state index contributed by atoms with van der Waals surface area (Å²) in [6.07, 6.45) is 5.71. The number of hydrogen-bond acceptors (Lipinski definition) is 10. The molecule has 4 aromatic heterocycles. The van der Waals surface area contributed by atoms with Gasteiger partial charge < -0.3 is 10.6 Å². The summed E-state index contributed by atoms with van der Waals surface area (Å²) in [6, 6.07) is 5.52.